The van der Waals surface area contributed by atoms with Crippen molar-refractivity contribution in [3.05, 3.63) is 89.5 Å². The number of ether oxygens (including phenoxy) is 1. The number of carbonyl (C=O) groups is 1. The van der Waals surface area contributed by atoms with Crippen LogP contribution in [-0.2, 0) is 10.3 Å². The Morgan fingerprint density at radius 1 is 0.971 bits per heavy atom. The van der Waals surface area contributed by atoms with Crippen molar-refractivity contribution in [1.29, 1.82) is 0 Å². The van der Waals surface area contributed by atoms with Crippen LogP contribution < -0.4 is 10.5 Å². The molecule has 0 bridgehead atoms. The first kappa shape index (κ1) is 25.2. The van der Waals surface area contributed by atoms with Gasteiger partial charge in [-0.3, -0.25) is 9.69 Å². The zero-order chi connectivity index (χ0) is 25.1. The molecule has 2 N–H and O–H groups in total. The molecule has 1 aliphatic heterocycles. The van der Waals surface area contributed by atoms with Crippen molar-refractivity contribution in [3.8, 4) is 16.9 Å². The van der Waals surface area contributed by atoms with Crippen LogP contribution >= 0.6 is 12.6 Å². The molecule has 1 atom stereocenters. The third-order valence-corrected chi connectivity index (χ3v) is 5.39. The average Bonchev–Trinajstić information content (AvgIpc) is 3.03. The first-order valence-electron chi connectivity index (χ1n) is 10.2. The second kappa shape index (κ2) is 9.80. The second-order valence-electron chi connectivity index (χ2n) is 7.69. The van der Waals surface area contributed by atoms with E-state index in [1.54, 1.807) is 14.2 Å². The summed E-state index contributed by atoms with van der Waals surface area (Å²) in [6, 6.07) is 23.6. The standard InChI is InChI=1S/C24H23N3O2.CHF3S/c1-16-10-12-19(13-11-16)24(22(28)27(2)23(25)26-24)20-8-4-6-17(14-20)18-7-5-9-21(15-18)29-3;2-1(3,4)5/h4-15H,1-3H3,(H2,25,26);5H. The predicted molar refractivity (Wildman–Crippen MR) is 130 cm³/mol. The minimum Gasteiger partial charge on any atom is -0.497 e. The van der Waals surface area contributed by atoms with Crippen molar-refractivity contribution in [3.63, 3.8) is 0 Å². The van der Waals surface area contributed by atoms with Gasteiger partial charge in [-0.2, -0.15) is 13.2 Å². The fourth-order valence-corrected chi connectivity index (χ4v) is 3.71. The lowest BCUT2D eigenvalue weighted by molar-refractivity contribution is -0.129. The van der Waals surface area contributed by atoms with Crippen molar-refractivity contribution < 1.29 is 22.7 Å². The lowest BCUT2D eigenvalue weighted by Crippen LogP contribution is -2.41. The minimum atomic E-state index is -4.31. The van der Waals surface area contributed by atoms with E-state index in [2.05, 4.69) is 17.6 Å². The number of hydrogen-bond acceptors (Lipinski definition) is 5. The maximum absolute atomic E-state index is 13.4. The first-order valence-corrected chi connectivity index (χ1v) is 10.6. The van der Waals surface area contributed by atoms with E-state index < -0.39 is 11.0 Å². The third kappa shape index (κ3) is 5.36. The largest absolute Gasteiger partial charge is 0.497 e. The summed E-state index contributed by atoms with van der Waals surface area (Å²) in [4.78, 5) is 19.5. The molecule has 3 aromatic rings. The van der Waals surface area contributed by atoms with E-state index in [-0.39, 0.29) is 11.9 Å². The van der Waals surface area contributed by atoms with Crippen LogP contribution in [0.3, 0.4) is 0 Å². The Morgan fingerprint density at radius 3 is 2.06 bits per heavy atom. The topological polar surface area (TPSA) is 67.9 Å². The summed E-state index contributed by atoms with van der Waals surface area (Å²) in [7, 11) is 3.30. The van der Waals surface area contributed by atoms with Crippen LogP contribution in [-0.4, -0.2) is 36.4 Å². The summed E-state index contributed by atoms with van der Waals surface area (Å²) in [5.41, 5.74) is 5.24. The number of nitrogens with zero attached hydrogens (tertiary/aromatic N) is 2. The van der Waals surface area contributed by atoms with Crippen molar-refractivity contribution in [1.82, 2.24) is 4.90 Å². The van der Waals surface area contributed by atoms with Crippen LogP contribution in [0.15, 0.2) is 77.8 Å². The first-order chi connectivity index (χ1) is 16.0. The van der Waals surface area contributed by atoms with Gasteiger partial charge >= 0.3 is 5.51 Å². The molecule has 0 spiro atoms. The molecule has 1 heterocycles. The summed E-state index contributed by atoms with van der Waals surface area (Å²) >= 11 is 2.12. The molecule has 0 saturated heterocycles. The summed E-state index contributed by atoms with van der Waals surface area (Å²) in [5.74, 6) is 0.823. The number of rotatable bonds is 4. The zero-order valence-corrected chi connectivity index (χ0v) is 19.7. The number of aliphatic imine (C=N–C) groups is 1. The molecule has 4 rings (SSSR count). The van der Waals surface area contributed by atoms with Crippen molar-refractivity contribution in [2.45, 2.75) is 18.0 Å². The summed E-state index contributed by atoms with van der Waals surface area (Å²) in [6.45, 7) is 2.01. The van der Waals surface area contributed by atoms with Gasteiger partial charge in [-0.05, 0) is 47.4 Å². The SMILES string of the molecule is COc1cccc(-c2cccc(C3(c4ccc(C)cc4)N=C(N)N(C)C3=O)c2)c1.FC(F)(F)S. The molecular formula is C25H24F3N3O2S. The van der Waals surface area contributed by atoms with Gasteiger partial charge in [0.15, 0.2) is 11.5 Å². The molecule has 1 aliphatic rings. The highest BCUT2D eigenvalue weighted by Crippen LogP contribution is 2.40. The number of likely N-dealkylation sites (N-methyl/N-ethyl adjacent to an activating group) is 1. The van der Waals surface area contributed by atoms with Crippen LogP contribution in [0.2, 0.25) is 0 Å². The molecule has 9 heteroatoms. The Hall–Kier alpha value is -3.46. The van der Waals surface area contributed by atoms with E-state index in [0.29, 0.717) is 0 Å². The van der Waals surface area contributed by atoms with Gasteiger partial charge in [0.1, 0.15) is 5.75 Å². The Bertz CT molecular complexity index is 1210. The highest BCUT2D eigenvalue weighted by Gasteiger charge is 2.49. The van der Waals surface area contributed by atoms with Crippen molar-refractivity contribution >= 4 is 24.5 Å². The zero-order valence-electron chi connectivity index (χ0n) is 18.8. The highest BCUT2D eigenvalue weighted by atomic mass is 32.1. The Kier molecular flexibility index (Phi) is 7.26. The van der Waals surface area contributed by atoms with E-state index in [1.807, 2.05) is 79.7 Å². The Balaban J connectivity index is 0.000000588. The van der Waals surface area contributed by atoms with Crippen LogP contribution in [0.25, 0.3) is 11.1 Å². The number of halogens is 3. The molecule has 3 aromatic carbocycles. The molecule has 5 nitrogen and oxygen atoms in total. The molecule has 34 heavy (non-hydrogen) atoms. The quantitative estimate of drug-likeness (QED) is 0.501. The van der Waals surface area contributed by atoms with Gasteiger partial charge in [0.05, 0.1) is 7.11 Å². The number of carbonyl (C=O) groups excluding carboxylic acids is 1. The van der Waals surface area contributed by atoms with E-state index in [9.17, 15) is 18.0 Å². The van der Waals surface area contributed by atoms with E-state index in [4.69, 9.17) is 10.5 Å². The van der Waals surface area contributed by atoms with E-state index in [0.717, 1.165) is 33.6 Å². The van der Waals surface area contributed by atoms with Crippen LogP contribution in [0.5, 0.6) is 5.75 Å². The number of benzene rings is 3. The number of nitrogens with two attached hydrogens (primary N) is 1. The van der Waals surface area contributed by atoms with Gasteiger partial charge in [0, 0.05) is 7.05 Å². The summed E-state index contributed by atoms with van der Waals surface area (Å²) in [6.07, 6.45) is 0. The number of alkyl halides is 3. The smallest absolute Gasteiger partial charge is 0.438 e. The number of aryl methyl sites for hydroxylation is 1. The number of hydrogen-bond donors (Lipinski definition) is 2. The van der Waals surface area contributed by atoms with Crippen LogP contribution in [0.1, 0.15) is 16.7 Å². The fourth-order valence-electron chi connectivity index (χ4n) is 3.71. The van der Waals surface area contributed by atoms with Gasteiger partial charge in [-0.1, -0.05) is 72.8 Å². The van der Waals surface area contributed by atoms with Gasteiger partial charge < -0.3 is 10.5 Å². The van der Waals surface area contributed by atoms with Crippen LogP contribution in [0.4, 0.5) is 13.2 Å². The lowest BCUT2D eigenvalue weighted by Gasteiger charge is -2.26. The van der Waals surface area contributed by atoms with E-state index in [1.165, 1.54) is 4.90 Å². The average molecular weight is 488 g/mol. The monoisotopic (exact) mass is 487 g/mol. The molecular weight excluding hydrogens is 463 g/mol. The fraction of sp³-hybridized carbons (Fsp3) is 0.200. The second-order valence-corrected chi connectivity index (χ2v) is 8.20. The molecule has 0 saturated carbocycles. The van der Waals surface area contributed by atoms with Gasteiger partial charge in [0.25, 0.3) is 5.91 Å². The van der Waals surface area contributed by atoms with Crippen molar-refractivity contribution in [2.24, 2.45) is 10.7 Å². The molecule has 0 radical (unpaired) electrons. The molecule has 1 amide bonds. The predicted octanol–water partition coefficient (Wildman–Crippen LogP) is 5.14. The van der Waals surface area contributed by atoms with Gasteiger partial charge in [-0.25, -0.2) is 4.99 Å². The Labute approximate surface area is 201 Å². The van der Waals surface area contributed by atoms with Gasteiger partial charge in [-0.15, -0.1) is 0 Å². The normalized spacial score (nSPS) is 17.7. The molecule has 0 aromatic heterocycles. The lowest BCUT2D eigenvalue weighted by atomic mass is 9.81. The maximum atomic E-state index is 13.4. The minimum absolute atomic E-state index is 0.165. The number of thiol groups is 1. The maximum Gasteiger partial charge on any atom is 0.438 e. The molecule has 0 fully saturated rings. The third-order valence-electron chi connectivity index (χ3n) is 5.39. The summed E-state index contributed by atoms with van der Waals surface area (Å²) in [5, 5.41) is 0. The van der Waals surface area contributed by atoms with Gasteiger partial charge in [0.2, 0.25) is 0 Å². The molecule has 178 valence electrons. The van der Waals surface area contributed by atoms with Crippen molar-refractivity contribution in [2.75, 3.05) is 14.2 Å². The number of amides is 1. The van der Waals surface area contributed by atoms with E-state index >= 15 is 0 Å². The molecule has 1 unspecified atom stereocenters. The Morgan fingerprint density at radius 2 is 1.53 bits per heavy atom. The highest BCUT2D eigenvalue weighted by molar-refractivity contribution is 7.81. The summed E-state index contributed by atoms with van der Waals surface area (Å²) < 4.78 is 36.0. The number of guanidine groups is 1. The van der Waals surface area contributed by atoms with Crippen LogP contribution in [0, 0.1) is 6.92 Å². The number of methoxy groups -OCH3 is 1. The molecule has 0 aliphatic carbocycles.